The second kappa shape index (κ2) is 9.07. The number of rotatable bonds is 6. The average molecular weight is 311 g/mol. The lowest BCUT2D eigenvalue weighted by atomic mass is 10.1. The van der Waals surface area contributed by atoms with Gasteiger partial charge in [0.25, 0.3) is 0 Å². The lowest BCUT2D eigenvalue weighted by molar-refractivity contribution is -0.127. The smallest absolute Gasteiger partial charge is 0.242 e. The Labute approximate surface area is 133 Å². The van der Waals surface area contributed by atoms with Crippen LogP contribution >= 0.6 is 0 Å². The topological polar surface area (TPSA) is 85.8 Å². The quantitative estimate of drug-likeness (QED) is 0.369. The summed E-state index contributed by atoms with van der Waals surface area (Å²) in [5.74, 6) is 0.147. The third-order valence-corrected chi connectivity index (χ3v) is 2.36. The maximum absolute atomic E-state index is 11.8. The van der Waals surface area contributed by atoms with E-state index in [-0.39, 0.29) is 30.4 Å². The number of carbonyl (C=O) groups is 2. The fraction of sp³-hybridized carbons (Fsp3) is 0.667. The lowest BCUT2D eigenvalue weighted by Crippen LogP contribution is -2.45. The molecule has 0 aliphatic carbocycles. The van der Waals surface area contributed by atoms with E-state index >= 15 is 0 Å². The molecular formula is C15H29N5O2. The summed E-state index contributed by atoms with van der Waals surface area (Å²) >= 11 is 0. The highest BCUT2D eigenvalue weighted by Crippen LogP contribution is 1.97. The number of carbonyl (C=O) groups excluding carboxylic acids is 2. The van der Waals surface area contributed by atoms with Gasteiger partial charge in [-0.25, -0.2) is 4.99 Å². The second-order valence-electron chi connectivity index (χ2n) is 6.42. The van der Waals surface area contributed by atoms with E-state index in [0.29, 0.717) is 12.5 Å². The molecule has 0 aliphatic heterocycles. The molecule has 0 aromatic rings. The molecule has 7 heteroatoms. The highest BCUT2D eigenvalue weighted by Gasteiger charge is 2.13. The van der Waals surface area contributed by atoms with Crippen molar-refractivity contribution in [1.29, 1.82) is 0 Å². The Balaban J connectivity index is 4.62. The van der Waals surface area contributed by atoms with Crippen LogP contribution in [0.1, 0.15) is 27.7 Å². The third-order valence-electron chi connectivity index (χ3n) is 2.36. The number of hydrogen-bond donors (Lipinski definition) is 3. The molecule has 3 N–H and O–H groups in total. The zero-order valence-electron chi connectivity index (χ0n) is 14.5. The molecule has 0 radical (unpaired) electrons. The number of guanidine groups is 1. The minimum Gasteiger partial charge on any atom is -0.353 e. The molecule has 22 heavy (non-hydrogen) atoms. The van der Waals surface area contributed by atoms with E-state index in [1.165, 1.54) is 4.90 Å². The largest absolute Gasteiger partial charge is 0.353 e. The number of nitrogens with one attached hydrogen (secondary N) is 3. The molecule has 0 unspecified atom stereocenters. The van der Waals surface area contributed by atoms with Crippen LogP contribution in [0.4, 0.5) is 0 Å². The summed E-state index contributed by atoms with van der Waals surface area (Å²) in [5.41, 5.74) is 0.624. The molecular weight excluding hydrogens is 282 g/mol. The van der Waals surface area contributed by atoms with Crippen LogP contribution in [0.15, 0.2) is 17.1 Å². The van der Waals surface area contributed by atoms with Crippen molar-refractivity contribution in [2.45, 2.75) is 33.2 Å². The van der Waals surface area contributed by atoms with Gasteiger partial charge in [-0.15, -0.1) is 0 Å². The van der Waals surface area contributed by atoms with E-state index in [2.05, 4.69) is 27.5 Å². The van der Waals surface area contributed by atoms with Gasteiger partial charge in [0.15, 0.2) is 5.96 Å². The molecule has 0 spiro atoms. The molecule has 7 nitrogen and oxygen atoms in total. The van der Waals surface area contributed by atoms with E-state index in [4.69, 9.17) is 0 Å². The van der Waals surface area contributed by atoms with E-state index < -0.39 is 0 Å². The zero-order valence-corrected chi connectivity index (χ0v) is 14.5. The summed E-state index contributed by atoms with van der Waals surface area (Å²) in [4.78, 5) is 29.0. The van der Waals surface area contributed by atoms with Crippen LogP contribution in [-0.4, -0.2) is 61.9 Å². The lowest BCUT2D eigenvalue weighted by Gasteiger charge is -2.20. The van der Waals surface area contributed by atoms with E-state index in [1.807, 2.05) is 27.7 Å². The Bertz CT molecular complexity index is 436. The SMILES string of the molecule is C=C(C)CNC(=NCC(=O)NC(C)(C)C)NCC(=O)N(C)C. The zero-order chi connectivity index (χ0) is 17.3. The molecule has 0 aliphatic rings. The van der Waals surface area contributed by atoms with Crippen molar-refractivity contribution in [3.8, 4) is 0 Å². The first-order valence-electron chi connectivity index (χ1n) is 7.19. The number of aliphatic imine (C=N–C) groups is 1. The van der Waals surface area contributed by atoms with Gasteiger partial charge < -0.3 is 20.9 Å². The van der Waals surface area contributed by atoms with Gasteiger partial charge in [-0.3, -0.25) is 9.59 Å². The van der Waals surface area contributed by atoms with E-state index in [1.54, 1.807) is 14.1 Å². The minimum absolute atomic E-state index is 0.0149. The van der Waals surface area contributed by atoms with Crippen LogP contribution in [0, 0.1) is 0 Å². The van der Waals surface area contributed by atoms with E-state index in [9.17, 15) is 9.59 Å². The maximum Gasteiger partial charge on any atom is 0.242 e. The highest BCUT2D eigenvalue weighted by atomic mass is 16.2. The van der Waals surface area contributed by atoms with E-state index in [0.717, 1.165) is 5.57 Å². The Morgan fingerprint density at radius 2 is 1.68 bits per heavy atom. The van der Waals surface area contributed by atoms with Gasteiger partial charge >= 0.3 is 0 Å². The van der Waals surface area contributed by atoms with Gasteiger partial charge in [0.2, 0.25) is 11.8 Å². The highest BCUT2D eigenvalue weighted by molar-refractivity contribution is 5.88. The molecule has 0 atom stereocenters. The van der Waals surface area contributed by atoms with Crippen LogP contribution in [0.25, 0.3) is 0 Å². The van der Waals surface area contributed by atoms with Crippen LogP contribution < -0.4 is 16.0 Å². The predicted octanol–water partition coefficient (Wildman–Crippen LogP) is 0.101. The second-order valence-corrected chi connectivity index (χ2v) is 6.42. The number of hydrogen-bond acceptors (Lipinski definition) is 3. The first-order chi connectivity index (χ1) is 10.0. The van der Waals surface area contributed by atoms with Crippen molar-refractivity contribution < 1.29 is 9.59 Å². The van der Waals surface area contributed by atoms with Crippen molar-refractivity contribution in [1.82, 2.24) is 20.9 Å². The Kier molecular flexibility index (Phi) is 8.22. The molecule has 0 aromatic heterocycles. The first-order valence-corrected chi connectivity index (χ1v) is 7.19. The first kappa shape index (κ1) is 19.9. The molecule has 0 aromatic carbocycles. The summed E-state index contributed by atoms with van der Waals surface area (Å²) < 4.78 is 0. The maximum atomic E-state index is 11.8. The Morgan fingerprint density at radius 3 is 2.14 bits per heavy atom. The molecule has 0 bridgehead atoms. The van der Waals surface area contributed by atoms with Crippen molar-refractivity contribution in [2.75, 3.05) is 33.7 Å². The molecule has 2 amide bonds. The van der Waals surface area contributed by atoms with Crippen LogP contribution in [0.5, 0.6) is 0 Å². The molecule has 0 fully saturated rings. The summed E-state index contributed by atoms with van der Waals surface area (Å²) in [5, 5.41) is 8.75. The summed E-state index contributed by atoms with van der Waals surface area (Å²) in [6, 6.07) is 0. The van der Waals surface area contributed by atoms with Gasteiger partial charge in [-0.1, -0.05) is 12.2 Å². The van der Waals surface area contributed by atoms with Crippen molar-refractivity contribution in [3.05, 3.63) is 12.2 Å². The molecule has 0 saturated carbocycles. The Morgan fingerprint density at radius 1 is 1.14 bits per heavy atom. The monoisotopic (exact) mass is 311 g/mol. The third kappa shape index (κ3) is 10.7. The fourth-order valence-electron chi connectivity index (χ4n) is 1.34. The van der Waals surface area contributed by atoms with Crippen LogP contribution in [-0.2, 0) is 9.59 Å². The van der Waals surface area contributed by atoms with Gasteiger partial charge in [-0.05, 0) is 27.7 Å². The molecule has 126 valence electrons. The molecule has 0 rings (SSSR count). The van der Waals surface area contributed by atoms with Crippen molar-refractivity contribution in [3.63, 3.8) is 0 Å². The van der Waals surface area contributed by atoms with Gasteiger partial charge in [0.1, 0.15) is 6.54 Å². The Hall–Kier alpha value is -2.05. The van der Waals surface area contributed by atoms with Gasteiger partial charge in [0, 0.05) is 26.2 Å². The standard InChI is InChI=1S/C15H29N5O2/c1-11(2)8-16-14(18-10-13(22)20(6)7)17-9-12(21)19-15(3,4)5/h1,8-10H2,2-7H3,(H,19,21)(H2,16,17,18). The van der Waals surface area contributed by atoms with Gasteiger partial charge in [0.05, 0.1) is 6.54 Å². The van der Waals surface area contributed by atoms with Gasteiger partial charge in [-0.2, -0.15) is 0 Å². The number of likely N-dealkylation sites (N-methyl/N-ethyl adjacent to an activating group) is 1. The summed E-state index contributed by atoms with van der Waals surface area (Å²) in [6.45, 7) is 12.0. The number of nitrogens with zero attached hydrogens (tertiary/aromatic N) is 2. The van der Waals surface area contributed by atoms with Crippen LogP contribution in [0.3, 0.4) is 0 Å². The fourth-order valence-corrected chi connectivity index (χ4v) is 1.34. The average Bonchev–Trinajstić information content (AvgIpc) is 2.34. The van der Waals surface area contributed by atoms with Crippen molar-refractivity contribution >= 4 is 17.8 Å². The predicted molar refractivity (Wildman–Crippen MR) is 89.7 cm³/mol. The van der Waals surface area contributed by atoms with Crippen molar-refractivity contribution in [2.24, 2.45) is 4.99 Å². The summed E-state index contributed by atoms with van der Waals surface area (Å²) in [6.07, 6.45) is 0. The summed E-state index contributed by atoms with van der Waals surface area (Å²) in [7, 11) is 3.36. The molecule has 0 saturated heterocycles. The number of amides is 2. The normalized spacial score (nSPS) is 11.6. The molecule has 0 heterocycles. The minimum atomic E-state index is -0.299. The van der Waals surface area contributed by atoms with Crippen LogP contribution in [0.2, 0.25) is 0 Å².